The van der Waals surface area contributed by atoms with Crippen LogP contribution in [0.25, 0.3) is 0 Å². The lowest BCUT2D eigenvalue weighted by atomic mass is 10.3. The van der Waals surface area contributed by atoms with E-state index in [0.29, 0.717) is 6.42 Å². The minimum atomic E-state index is -0.679. The van der Waals surface area contributed by atoms with E-state index in [1.807, 2.05) is 0 Å². The van der Waals surface area contributed by atoms with E-state index in [2.05, 4.69) is 9.68 Å². The maximum absolute atomic E-state index is 8.19. The van der Waals surface area contributed by atoms with Crippen LogP contribution >= 0.6 is 0 Å². The van der Waals surface area contributed by atoms with Gasteiger partial charge in [0.15, 0.2) is 0 Å². The van der Waals surface area contributed by atoms with Gasteiger partial charge in [0.05, 0.1) is 10.8 Å². The summed E-state index contributed by atoms with van der Waals surface area (Å²) in [6, 6.07) is 0. The van der Waals surface area contributed by atoms with Crippen LogP contribution in [0.3, 0.4) is 0 Å². The average Bonchev–Trinajstić information content (AvgIpc) is 1.97. The van der Waals surface area contributed by atoms with Crippen LogP contribution in [0.4, 0.5) is 0 Å². The highest BCUT2D eigenvalue weighted by atomic mass is 17.1. The van der Waals surface area contributed by atoms with Crippen molar-refractivity contribution in [3.05, 3.63) is 0 Å². The number of hydrogen-bond acceptors (Lipinski definition) is 8. The maximum atomic E-state index is 8.19. The highest BCUT2D eigenvalue weighted by Gasteiger charge is 2.11. The van der Waals surface area contributed by atoms with Crippen LogP contribution in [0.2, 0.25) is 0 Å². The van der Waals surface area contributed by atoms with Gasteiger partial charge in [0, 0.05) is 0 Å². The minimum Gasteiger partial charge on any atom is -0.266 e. The molecule has 0 rings (SSSR count). The van der Waals surface area contributed by atoms with Crippen LogP contribution < -0.4 is 0 Å². The Morgan fingerprint density at radius 2 is 1.75 bits per heavy atom. The minimum absolute atomic E-state index is 0.221. The van der Waals surface area contributed by atoms with Gasteiger partial charge in [-0.05, 0) is 6.42 Å². The predicted molar refractivity (Wildman–Crippen MR) is 31.9 cm³/mol. The third-order valence-corrected chi connectivity index (χ3v) is 1.07. The van der Waals surface area contributed by atoms with Crippen molar-refractivity contribution < 1.29 is 30.5 Å². The first-order valence-electron chi connectivity index (χ1n) is 3.21. The molecule has 74 valence electrons. The molecule has 1 atom stereocenters. The molecular formula is C4H12N2O6. The van der Waals surface area contributed by atoms with Gasteiger partial charge in [-0.2, -0.15) is 0 Å². The summed E-state index contributed by atoms with van der Waals surface area (Å²) in [6.07, 6.45) is -0.271. The fourth-order valence-corrected chi connectivity index (χ4v) is 0.506. The molecule has 0 aliphatic rings. The zero-order valence-electron chi connectivity index (χ0n) is 6.49. The molecule has 1 unspecified atom stereocenters. The van der Waals surface area contributed by atoms with Crippen molar-refractivity contribution in [3.63, 3.8) is 0 Å². The van der Waals surface area contributed by atoms with Gasteiger partial charge in [-0.15, -0.1) is 0 Å². The van der Waals surface area contributed by atoms with E-state index in [-0.39, 0.29) is 6.61 Å². The lowest BCUT2D eigenvalue weighted by Crippen LogP contribution is -2.30. The van der Waals surface area contributed by atoms with Crippen molar-refractivity contribution in [1.29, 1.82) is 0 Å². The molecule has 0 fully saturated rings. The fraction of sp³-hybridized carbons (Fsp3) is 1.00. The van der Waals surface area contributed by atoms with Gasteiger partial charge >= 0.3 is 0 Å². The first-order chi connectivity index (χ1) is 5.56. The quantitative estimate of drug-likeness (QED) is 0.420. The van der Waals surface area contributed by atoms with Crippen LogP contribution in [0, 0.1) is 0 Å². The Kier molecular flexibility index (Phi) is 6.06. The molecule has 0 heterocycles. The second-order valence-electron chi connectivity index (χ2n) is 1.94. The van der Waals surface area contributed by atoms with Crippen LogP contribution in [-0.2, 0) is 9.68 Å². The van der Waals surface area contributed by atoms with Gasteiger partial charge in [0.1, 0.15) is 12.7 Å². The summed E-state index contributed by atoms with van der Waals surface area (Å²) < 4.78 is 0. The van der Waals surface area contributed by atoms with Crippen LogP contribution in [0.5, 0.6) is 0 Å². The molecule has 0 radical (unpaired) electrons. The predicted octanol–water partition coefficient (Wildman–Crippen LogP) is -0.211. The van der Waals surface area contributed by atoms with Crippen molar-refractivity contribution >= 4 is 0 Å². The molecule has 0 aromatic carbocycles. The first kappa shape index (κ1) is 11.7. The molecule has 0 bridgehead atoms. The molecule has 0 spiro atoms. The number of hydrogen-bond donors (Lipinski definition) is 4. The Morgan fingerprint density at radius 3 is 2.08 bits per heavy atom. The van der Waals surface area contributed by atoms with Gasteiger partial charge in [0.25, 0.3) is 0 Å². The van der Waals surface area contributed by atoms with Crippen LogP contribution in [0.1, 0.15) is 13.3 Å². The summed E-state index contributed by atoms with van der Waals surface area (Å²) in [4.78, 5) is 8.49. The van der Waals surface area contributed by atoms with Crippen LogP contribution in [0.15, 0.2) is 0 Å². The van der Waals surface area contributed by atoms with E-state index < -0.39 is 16.9 Å². The topological polar surface area (TPSA) is 106 Å². The highest BCUT2D eigenvalue weighted by molar-refractivity contribution is 4.48. The fourth-order valence-electron chi connectivity index (χ4n) is 0.506. The number of rotatable bonds is 6. The zero-order chi connectivity index (χ0) is 9.56. The molecule has 0 aliphatic carbocycles. The van der Waals surface area contributed by atoms with Crippen molar-refractivity contribution in [2.75, 3.05) is 6.61 Å². The van der Waals surface area contributed by atoms with Crippen molar-refractivity contribution in [2.24, 2.45) is 0 Å². The van der Waals surface area contributed by atoms with E-state index in [9.17, 15) is 0 Å². The monoisotopic (exact) mass is 184 g/mol. The summed E-state index contributed by atoms with van der Waals surface area (Å²) in [5.41, 5.74) is 0. The van der Waals surface area contributed by atoms with E-state index >= 15 is 0 Å². The lowest BCUT2D eigenvalue weighted by Gasteiger charge is -2.17. The molecule has 8 nitrogen and oxygen atoms in total. The van der Waals surface area contributed by atoms with E-state index in [1.54, 1.807) is 6.92 Å². The summed E-state index contributed by atoms with van der Waals surface area (Å²) >= 11 is 0. The summed E-state index contributed by atoms with van der Waals surface area (Å²) in [5.74, 6) is 0. The van der Waals surface area contributed by atoms with Crippen molar-refractivity contribution in [1.82, 2.24) is 10.8 Å². The SMILES string of the molecule is CCC(CON(O)O)ON(O)O. The maximum Gasteiger partial charge on any atom is 0.110 e. The standard InChI is InChI=1S/C4H12N2O6/c1-2-4(12-6(9)10)3-11-5(7)8/h4,7-10H,2-3H2,1H3. The Bertz CT molecular complexity index is 110. The summed E-state index contributed by atoms with van der Waals surface area (Å²) in [5, 5.41) is 31.6. The Morgan fingerprint density at radius 1 is 1.17 bits per heavy atom. The smallest absolute Gasteiger partial charge is 0.110 e. The highest BCUT2D eigenvalue weighted by Crippen LogP contribution is 1.99. The summed E-state index contributed by atoms with van der Waals surface area (Å²) in [7, 11) is 0. The zero-order valence-corrected chi connectivity index (χ0v) is 6.49. The second-order valence-corrected chi connectivity index (χ2v) is 1.94. The second kappa shape index (κ2) is 6.22. The van der Waals surface area contributed by atoms with Gasteiger partial charge in [0.2, 0.25) is 0 Å². The van der Waals surface area contributed by atoms with Gasteiger partial charge in [-0.3, -0.25) is 20.8 Å². The Balaban J connectivity index is 3.53. The van der Waals surface area contributed by atoms with Gasteiger partial charge in [-0.1, -0.05) is 6.92 Å². The van der Waals surface area contributed by atoms with Crippen LogP contribution in [-0.4, -0.2) is 44.3 Å². The molecule has 12 heavy (non-hydrogen) atoms. The average molecular weight is 184 g/mol. The third-order valence-electron chi connectivity index (χ3n) is 1.07. The van der Waals surface area contributed by atoms with E-state index in [1.165, 1.54) is 0 Å². The van der Waals surface area contributed by atoms with E-state index in [4.69, 9.17) is 20.8 Å². The Labute approximate surface area is 68.5 Å². The van der Waals surface area contributed by atoms with Crippen molar-refractivity contribution in [3.8, 4) is 0 Å². The van der Waals surface area contributed by atoms with Gasteiger partial charge < -0.3 is 0 Å². The van der Waals surface area contributed by atoms with Crippen molar-refractivity contribution in [2.45, 2.75) is 19.4 Å². The molecule has 0 saturated heterocycles. The van der Waals surface area contributed by atoms with Gasteiger partial charge in [-0.25, -0.2) is 9.68 Å². The molecule has 0 saturated carbocycles. The Hall–Kier alpha value is -0.320. The van der Waals surface area contributed by atoms with E-state index in [0.717, 1.165) is 0 Å². The molecular weight excluding hydrogens is 172 g/mol. The summed E-state index contributed by atoms with van der Waals surface area (Å²) in [6.45, 7) is 1.47. The molecule has 0 aromatic rings. The largest absolute Gasteiger partial charge is 0.266 e. The third kappa shape index (κ3) is 6.39. The number of nitrogens with zero attached hydrogens (tertiary/aromatic N) is 2. The molecule has 0 aliphatic heterocycles. The normalized spacial score (nSPS) is 14.2. The first-order valence-corrected chi connectivity index (χ1v) is 3.21. The molecule has 8 heteroatoms. The molecule has 0 aromatic heterocycles. The lowest BCUT2D eigenvalue weighted by molar-refractivity contribution is -0.527. The molecule has 4 N–H and O–H groups in total. The molecule has 0 amide bonds.